The topological polar surface area (TPSA) is 90.7 Å². The Labute approximate surface area is 104 Å². The van der Waals surface area contributed by atoms with E-state index in [0.29, 0.717) is 6.54 Å². The van der Waals surface area contributed by atoms with Crippen LogP contribution in [0.3, 0.4) is 0 Å². The number of fused-ring (bicyclic) bond motifs is 1. The maximum Gasteiger partial charge on any atom is 0.125 e. The molecule has 0 aliphatic heterocycles. The molecule has 0 radical (unpaired) electrons. The molecule has 0 spiro atoms. The van der Waals surface area contributed by atoms with Crippen molar-refractivity contribution in [3.63, 3.8) is 0 Å². The second-order valence-electron chi connectivity index (χ2n) is 4.27. The molecule has 18 heavy (non-hydrogen) atoms. The lowest BCUT2D eigenvalue weighted by atomic mass is 10.1. The lowest BCUT2D eigenvalue weighted by Gasteiger charge is -2.00. The van der Waals surface area contributed by atoms with Crippen LogP contribution in [0.2, 0.25) is 0 Å². The van der Waals surface area contributed by atoms with Crippen molar-refractivity contribution in [2.45, 2.75) is 13.5 Å². The lowest BCUT2D eigenvalue weighted by Crippen LogP contribution is -1.97. The molecule has 5 heteroatoms. The predicted molar refractivity (Wildman–Crippen MR) is 70.2 cm³/mol. The Hall–Kier alpha value is -2.27. The summed E-state index contributed by atoms with van der Waals surface area (Å²) in [6.45, 7) is 2.34. The van der Waals surface area contributed by atoms with Gasteiger partial charge in [-0.15, -0.1) is 0 Å². The van der Waals surface area contributed by atoms with Gasteiger partial charge in [0.15, 0.2) is 0 Å². The standard InChI is InChI=1S/C13H14N4O/c1-7-12(9-6-15-11(5-14)17-9)13-8(16-7)3-2-4-10(13)18/h2-4,6,16,18H,5,14H2,1H3,(H,15,17). The summed E-state index contributed by atoms with van der Waals surface area (Å²) in [6, 6.07) is 5.43. The summed E-state index contributed by atoms with van der Waals surface area (Å²) in [5, 5.41) is 10.8. The largest absolute Gasteiger partial charge is 0.507 e. The number of benzene rings is 1. The van der Waals surface area contributed by atoms with E-state index in [4.69, 9.17) is 5.73 Å². The van der Waals surface area contributed by atoms with Gasteiger partial charge in [0.05, 0.1) is 29.3 Å². The molecule has 0 atom stereocenters. The summed E-state index contributed by atoms with van der Waals surface area (Å²) in [5.41, 5.74) is 9.24. The van der Waals surface area contributed by atoms with Crippen LogP contribution >= 0.6 is 0 Å². The molecule has 5 nitrogen and oxygen atoms in total. The van der Waals surface area contributed by atoms with Crippen LogP contribution in [0.25, 0.3) is 22.2 Å². The first-order valence-electron chi connectivity index (χ1n) is 5.75. The second-order valence-corrected chi connectivity index (χ2v) is 4.27. The normalized spacial score (nSPS) is 11.2. The third-order valence-electron chi connectivity index (χ3n) is 3.08. The van der Waals surface area contributed by atoms with Gasteiger partial charge in [0, 0.05) is 11.3 Å². The molecule has 0 saturated carbocycles. The minimum absolute atomic E-state index is 0.260. The summed E-state index contributed by atoms with van der Waals surface area (Å²) < 4.78 is 0. The Morgan fingerprint density at radius 2 is 2.17 bits per heavy atom. The third kappa shape index (κ3) is 1.48. The number of imidazole rings is 1. The number of nitrogens with two attached hydrogens (primary N) is 1. The van der Waals surface area contributed by atoms with Crippen molar-refractivity contribution in [1.82, 2.24) is 15.0 Å². The highest BCUT2D eigenvalue weighted by Gasteiger charge is 2.15. The summed E-state index contributed by atoms with van der Waals surface area (Å²) in [7, 11) is 0. The molecule has 2 aromatic heterocycles. The fourth-order valence-electron chi connectivity index (χ4n) is 2.29. The third-order valence-corrected chi connectivity index (χ3v) is 3.08. The molecule has 0 aliphatic carbocycles. The molecule has 0 saturated heterocycles. The smallest absolute Gasteiger partial charge is 0.125 e. The number of rotatable bonds is 2. The van der Waals surface area contributed by atoms with Crippen LogP contribution in [0.15, 0.2) is 24.4 Å². The molecule has 0 bridgehead atoms. The molecular formula is C13H14N4O. The molecule has 2 heterocycles. The molecule has 92 valence electrons. The van der Waals surface area contributed by atoms with Crippen LogP contribution in [0.5, 0.6) is 5.75 Å². The van der Waals surface area contributed by atoms with Gasteiger partial charge < -0.3 is 20.8 Å². The highest BCUT2D eigenvalue weighted by atomic mass is 16.3. The molecule has 3 rings (SSSR count). The Kier molecular flexibility index (Phi) is 2.34. The molecular weight excluding hydrogens is 228 g/mol. The van der Waals surface area contributed by atoms with Crippen LogP contribution in [0.1, 0.15) is 11.5 Å². The van der Waals surface area contributed by atoms with E-state index in [9.17, 15) is 5.11 Å². The van der Waals surface area contributed by atoms with E-state index in [1.807, 2.05) is 19.1 Å². The number of H-pyrrole nitrogens is 2. The van der Waals surface area contributed by atoms with E-state index in [-0.39, 0.29) is 5.75 Å². The Morgan fingerprint density at radius 1 is 1.33 bits per heavy atom. The average Bonchev–Trinajstić information content (AvgIpc) is 2.92. The van der Waals surface area contributed by atoms with Crippen LogP contribution in [-0.2, 0) is 6.54 Å². The number of nitrogens with zero attached hydrogens (tertiary/aromatic N) is 1. The number of hydrogen-bond acceptors (Lipinski definition) is 3. The van der Waals surface area contributed by atoms with E-state index in [1.165, 1.54) is 0 Å². The number of aromatic amines is 2. The second kappa shape index (κ2) is 3.89. The zero-order valence-electron chi connectivity index (χ0n) is 9.99. The van der Waals surface area contributed by atoms with Gasteiger partial charge in [-0.25, -0.2) is 4.98 Å². The highest BCUT2D eigenvalue weighted by molar-refractivity contribution is 6.00. The van der Waals surface area contributed by atoms with E-state index >= 15 is 0 Å². The Morgan fingerprint density at radius 3 is 2.89 bits per heavy atom. The predicted octanol–water partition coefficient (Wildman–Crippen LogP) is 2.03. The number of aromatic hydroxyl groups is 1. The molecule has 1 aromatic carbocycles. The van der Waals surface area contributed by atoms with Crippen LogP contribution in [0, 0.1) is 6.92 Å². The van der Waals surface area contributed by atoms with E-state index in [1.54, 1.807) is 12.3 Å². The highest BCUT2D eigenvalue weighted by Crippen LogP contribution is 2.36. The fourth-order valence-corrected chi connectivity index (χ4v) is 2.29. The molecule has 0 aliphatic rings. The summed E-state index contributed by atoms with van der Waals surface area (Å²) in [5.74, 6) is 0.991. The molecule has 3 aromatic rings. The quantitative estimate of drug-likeness (QED) is 0.554. The first-order valence-corrected chi connectivity index (χ1v) is 5.75. The number of aromatic nitrogens is 3. The van der Waals surface area contributed by atoms with E-state index < -0.39 is 0 Å². The number of hydrogen-bond donors (Lipinski definition) is 4. The maximum atomic E-state index is 10.0. The molecule has 0 unspecified atom stereocenters. The van der Waals surface area contributed by atoms with E-state index in [2.05, 4.69) is 15.0 Å². The van der Waals surface area contributed by atoms with Crippen molar-refractivity contribution in [3.05, 3.63) is 35.9 Å². The maximum absolute atomic E-state index is 10.0. The first-order chi connectivity index (χ1) is 8.70. The van der Waals surface area contributed by atoms with Gasteiger partial charge in [-0.3, -0.25) is 0 Å². The van der Waals surface area contributed by atoms with Crippen molar-refractivity contribution in [2.24, 2.45) is 5.73 Å². The van der Waals surface area contributed by atoms with Crippen molar-refractivity contribution in [3.8, 4) is 17.0 Å². The summed E-state index contributed by atoms with van der Waals surface area (Å²) in [6.07, 6.45) is 1.74. The van der Waals surface area contributed by atoms with Crippen molar-refractivity contribution >= 4 is 10.9 Å². The zero-order chi connectivity index (χ0) is 12.7. The summed E-state index contributed by atoms with van der Waals surface area (Å²) in [4.78, 5) is 10.6. The van der Waals surface area contributed by atoms with Gasteiger partial charge in [0.1, 0.15) is 11.6 Å². The average molecular weight is 242 g/mol. The van der Waals surface area contributed by atoms with E-state index in [0.717, 1.165) is 33.7 Å². The SMILES string of the molecule is Cc1[nH]c2cccc(O)c2c1-c1cnc(CN)[nH]1. The van der Waals surface area contributed by atoms with Crippen LogP contribution < -0.4 is 5.73 Å². The molecule has 0 fully saturated rings. The first kappa shape index (κ1) is 10.9. The molecule has 0 amide bonds. The number of phenolic OH excluding ortho intramolecular Hbond substituents is 1. The molecule has 5 N–H and O–H groups in total. The monoisotopic (exact) mass is 242 g/mol. The summed E-state index contributed by atoms with van der Waals surface area (Å²) >= 11 is 0. The minimum atomic E-state index is 0.260. The van der Waals surface area contributed by atoms with Gasteiger partial charge in [-0.05, 0) is 19.1 Å². The number of phenols is 1. The lowest BCUT2D eigenvalue weighted by molar-refractivity contribution is 0.482. The van der Waals surface area contributed by atoms with Crippen LogP contribution in [0.4, 0.5) is 0 Å². The zero-order valence-corrected chi connectivity index (χ0v) is 9.99. The van der Waals surface area contributed by atoms with Crippen LogP contribution in [-0.4, -0.2) is 20.1 Å². The van der Waals surface area contributed by atoms with Gasteiger partial charge in [-0.2, -0.15) is 0 Å². The van der Waals surface area contributed by atoms with Gasteiger partial charge in [-0.1, -0.05) is 6.07 Å². The number of nitrogens with one attached hydrogen (secondary N) is 2. The Balaban J connectivity index is 2.30. The van der Waals surface area contributed by atoms with Crippen molar-refractivity contribution in [1.29, 1.82) is 0 Å². The van der Waals surface area contributed by atoms with Crippen molar-refractivity contribution < 1.29 is 5.11 Å². The Bertz CT molecular complexity index is 711. The van der Waals surface area contributed by atoms with Gasteiger partial charge >= 0.3 is 0 Å². The minimum Gasteiger partial charge on any atom is -0.507 e. The van der Waals surface area contributed by atoms with Gasteiger partial charge in [0.2, 0.25) is 0 Å². The van der Waals surface area contributed by atoms with Gasteiger partial charge in [0.25, 0.3) is 0 Å². The fraction of sp³-hybridized carbons (Fsp3) is 0.154. The number of aryl methyl sites for hydroxylation is 1. The van der Waals surface area contributed by atoms with Crippen molar-refractivity contribution in [2.75, 3.05) is 0 Å².